The summed E-state index contributed by atoms with van der Waals surface area (Å²) in [5, 5.41) is 0. The first kappa shape index (κ1) is 85.5. The first-order valence-corrected chi connectivity index (χ1v) is 46.3. The van der Waals surface area contributed by atoms with Crippen LogP contribution >= 0.6 is 0 Å². The Morgan fingerprint density at radius 2 is 0.376 bits per heavy atom. The molecule has 0 unspecified atom stereocenters. The van der Waals surface area contributed by atoms with Gasteiger partial charge >= 0.3 is 0 Å². The first-order valence-electron chi connectivity index (χ1n) is 46.3. The van der Waals surface area contributed by atoms with Crippen LogP contribution < -0.4 is 14.7 Å². The number of hydrogen-bond donors (Lipinski definition) is 0. The molecule has 3 nitrogen and oxygen atoms in total. The molecule has 0 radical (unpaired) electrons. The van der Waals surface area contributed by atoms with Gasteiger partial charge in [0.1, 0.15) is 0 Å². The molecule has 0 fully saturated rings. The highest BCUT2D eigenvalue weighted by molar-refractivity contribution is 5.88. The summed E-state index contributed by atoms with van der Waals surface area (Å²) >= 11 is 0. The third-order valence-corrected chi connectivity index (χ3v) is 25.6. The number of unbranched alkanes of at least 4 members (excludes halogenated alkanes) is 6. The van der Waals surface area contributed by atoms with Gasteiger partial charge in [-0.2, -0.15) is 0 Å². The Bertz CT molecular complexity index is 6220. The minimum Gasteiger partial charge on any atom is -0.310 e. The smallest absolute Gasteiger partial charge is 0.0464 e. The molecule has 16 rings (SSSR count). The van der Waals surface area contributed by atoms with E-state index in [1.807, 2.05) is 0 Å². The van der Waals surface area contributed by atoms with Crippen molar-refractivity contribution in [3.8, 4) is 100 Å². The fourth-order valence-electron chi connectivity index (χ4n) is 18.2. The second-order valence-corrected chi connectivity index (χ2v) is 34.7. The maximum absolute atomic E-state index is 2.62. The Balaban J connectivity index is 0.686. The molecule has 3 heteroatoms. The van der Waals surface area contributed by atoms with Gasteiger partial charge in [-0.05, 0) is 339 Å². The zero-order chi connectivity index (χ0) is 86.1. The highest BCUT2D eigenvalue weighted by atomic mass is 15.2. The standard InChI is InChI=1S/C122H121N3/c1-11-16-18-20-25-108-85-122(109(26-21-19-17-12-2)84-121(108)119-79-77-117(82-89(119)9)124(112-65-52-102(53-66-112)94-36-27-86(6)28-37-94)113-69-56-104(57-70-113)96-40-32-92(23-14-4)33-41-96)120-80-78-118(83-90(120)10)125(114-71-58-105(59-72-114)97-42-34-93(24-15-5)35-43-97)115-75-62-107(63-76-115)101-50-46-99(47-51-101)98-44-48-100(49-45-98)106-60-73-111(74-61-106)123(116-64-29-87(7)88(8)81-116)110-67-54-103(55-68-110)95-38-30-91(22-13-3)31-39-95/h27-85H,11-26H2,1-10H3. The van der Waals surface area contributed by atoms with Gasteiger partial charge in [-0.3, -0.25) is 0 Å². The molecule has 0 bridgehead atoms. The van der Waals surface area contributed by atoms with Crippen LogP contribution in [0.4, 0.5) is 51.2 Å². The fourth-order valence-corrected chi connectivity index (χ4v) is 18.2. The van der Waals surface area contributed by atoms with Crippen molar-refractivity contribution < 1.29 is 0 Å². The molecule has 0 spiro atoms. The Morgan fingerprint density at radius 1 is 0.160 bits per heavy atom. The number of rotatable bonds is 34. The fraction of sp³-hybridized carbons (Fsp3) is 0.213. The lowest BCUT2D eigenvalue weighted by molar-refractivity contribution is 0.664. The van der Waals surface area contributed by atoms with E-state index in [1.54, 1.807) is 0 Å². The number of hydrogen-bond acceptors (Lipinski definition) is 3. The molecule has 624 valence electrons. The minimum atomic E-state index is 1.02. The zero-order valence-corrected chi connectivity index (χ0v) is 75.2. The van der Waals surface area contributed by atoms with Crippen LogP contribution in [-0.2, 0) is 32.1 Å². The van der Waals surface area contributed by atoms with E-state index in [2.05, 4.69) is 442 Å². The Hall–Kier alpha value is -13.1. The van der Waals surface area contributed by atoms with Gasteiger partial charge in [-0.15, -0.1) is 0 Å². The van der Waals surface area contributed by atoms with Gasteiger partial charge in [0.05, 0.1) is 0 Å². The van der Waals surface area contributed by atoms with Gasteiger partial charge < -0.3 is 14.7 Å². The van der Waals surface area contributed by atoms with Crippen molar-refractivity contribution in [3.05, 3.63) is 414 Å². The van der Waals surface area contributed by atoms with E-state index in [1.165, 1.54) is 194 Å². The molecule has 0 aliphatic rings. The Kier molecular flexibility index (Phi) is 27.7. The van der Waals surface area contributed by atoms with Crippen molar-refractivity contribution in [1.29, 1.82) is 0 Å². The lowest BCUT2D eigenvalue weighted by atomic mass is 9.84. The molecule has 0 heterocycles. The minimum absolute atomic E-state index is 1.02. The van der Waals surface area contributed by atoms with Crippen molar-refractivity contribution in [2.75, 3.05) is 14.7 Å². The van der Waals surface area contributed by atoms with E-state index in [0.29, 0.717) is 0 Å². The summed E-state index contributed by atoms with van der Waals surface area (Å²) in [6.07, 6.45) is 18.3. The molecule has 0 aliphatic heterocycles. The summed E-state index contributed by atoms with van der Waals surface area (Å²) in [7, 11) is 0. The molecule has 0 saturated carbocycles. The van der Waals surface area contributed by atoms with E-state index in [9.17, 15) is 0 Å². The summed E-state index contributed by atoms with van der Waals surface area (Å²) in [6, 6.07) is 136. The Morgan fingerprint density at radius 3 is 0.608 bits per heavy atom. The monoisotopic (exact) mass is 1630 g/mol. The highest BCUT2D eigenvalue weighted by Gasteiger charge is 2.23. The molecule has 0 aliphatic carbocycles. The predicted octanol–water partition coefficient (Wildman–Crippen LogP) is 35.7. The van der Waals surface area contributed by atoms with Crippen LogP contribution in [0.3, 0.4) is 0 Å². The van der Waals surface area contributed by atoms with Gasteiger partial charge in [0.25, 0.3) is 0 Å². The number of aryl methyl sites for hydroxylation is 10. The summed E-state index contributed by atoms with van der Waals surface area (Å²) in [5.41, 5.74) is 45.7. The molecule has 16 aromatic carbocycles. The molecule has 0 aromatic heterocycles. The number of benzene rings is 16. The first-order chi connectivity index (χ1) is 61.3. The molecular formula is C122H121N3. The molecular weight excluding hydrogens is 1510 g/mol. The van der Waals surface area contributed by atoms with Crippen molar-refractivity contribution in [2.45, 2.75) is 172 Å². The van der Waals surface area contributed by atoms with Crippen molar-refractivity contribution >= 4 is 51.2 Å². The third-order valence-electron chi connectivity index (χ3n) is 25.6. The van der Waals surface area contributed by atoms with Crippen LogP contribution in [-0.4, -0.2) is 0 Å². The Labute approximate surface area is 746 Å². The summed E-state index contributed by atoms with van der Waals surface area (Å²) in [4.78, 5) is 7.27. The van der Waals surface area contributed by atoms with E-state index in [-0.39, 0.29) is 0 Å². The van der Waals surface area contributed by atoms with E-state index in [0.717, 1.165) is 115 Å². The summed E-state index contributed by atoms with van der Waals surface area (Å²) in [6.45, 7) is 22.6. The molecule has 0 N–H and O–H groups in total. The lowest BCUT2D eigenvalue weighted by Gasteiger charge is -2.28. The van der Waals surface area contributed by atoms with Crippen LogP contribution in [0.15, 0.2) is 358 Å². The van der Waals surface area contributed by atoms with Crippen molar-refractivity contribution in [1.82, 2.24) is 0 Å². The maximum atomic E-state index is 2.62. The third kappa shape index (κ3) is 20.2. The second-order valence-electron chi connectivity index (χ2n) is 34.7. The maximum Gasteiger partial charge on any atom is 0.0464 e. The van der Waals surface area contributed by atoms with Gasteiger partial charge in [0.15, 0.2) is 0 Å². The molecule has 125 heavy (non-hydrogen) atoms. The SMILES string of the molecule is CCCCCCc1cc(-c2ccc(N(c3ccc(-c4ccc(CCC)cc4)cc3)c3ccc(-c4ccc(-c5ccc(-c6ccc(N(c7ccc(-c8ccc(CCC)cc8)cc7)c7ccc(C)c(C)c7)cc6)cc5)cc4)cc3)cc2C)c(CCCCCC)cc1-c1ccc(N(c2ccc(-c3ccc(C)cc3)cc2)c2ccc(-c3ccc(CCC)cc3)cc2)cc1C. The average molecular weight is 1630 g/mol. The normalized spacial score (nSPS) is 11.3. The largest absolute Gasteiger partial charge is 0.310 e. The summed E-state index contributed by atoms with van der Waals surface area (Å²) in [5.74, 6) is 0. The highest BCUT2D eigenvalue weighted by Crippen LogP contribution is 2.46. The van der Waals surface area contributed by atoms with Gasteiger partial charge in [-0.1, -0.05) is 347 Å². The van der Waals surface area contributed by atoms with Crippen molar-refractivity contribution in [2.24, 2.45) is 0 Å². The summed E-state index contributed by atoms with van der Waals surface area (Å²) < 4.78 is 0. The van der Waals surface area contributed by atoms with Crippen LogP contribution in [0.5, 0.6) is 0 Å². The van der Waals surface area contributed by atoms with E-state index in [4.69, 9.17) is 0 Å². The predicted molar refractivity (Wildman–Crippen MR) is 541 cm³/mol. The van der Waals surface area contributed by atoms with Crippen LogP contribution in [0.1, 0.15) is 161 Å². The number of anilines is 9. The van der Waals surface area contributed by atoms with Crippen LogP contribution in [0, 0.1) is 34.6 Å². The second kappa shape index (κ2) is 40.5. The van der Waals surface area contributed by atoms with E-state index < -0.39 is 0 Å². The number of nitrogens with zero attached hydrogens (tertiary/aromatic N) is 3. The van der Waals surface area contributed by atoms with Gasteiger partial charge in [0, 0.05) is 51.2 Å². The average Bonchev–Trinajstić information content (AvgIpc) is 0.770. The molecule has 0 saturated heterocycles. The molecule has 16 aromatic rings. The lowest BCUT2D eigenvalue weighted by Crippen LogP contribution is -2.10. The molecule has 0 amide bonds. The van der Waals surface area contributed by atoms with E-state index >= 15 is 0 Å². The van der Waals surface area contributed by atoms with Crippen LogP contribution in [0.25, 0.3) is 100 Å². The topological polar surface area (TPSA) is 9.72 Å². The molecule has 0 atom stereocenters. The van der Waals surface area contributed by atoms with Crippen LogP contribution in [0.2, 0.25) is 0 Å². The zero-order valence-electron chi connectivity index (χ0n) is 75.2. The van der Waals surface area contributed by atoms with Crippen molar-refractivity contribution in [3.63, 3.8) is 0 Å². The van der Waals surface area contributed by atoms with Gasteiger partial charge in [-0.25, -0.2) is 0 Å². The quantitative estimate of drug-likeness (QED) is 0.0372. The van der Waals surface area contributed by atoms with Gasteiger partial charge in [0.2, 0.25) is 0 Å².